The molecule has 3 nitrogen and oxygen atoms in total. The molecule has 3 rings (SSSR count). The second-order valence-electron chi connectivity index (χ2n) is 5.46. The smallest absolute Gasteiger partial charge is 0.236 e. The van der Waals surface area contributed by atoms with E-state index in [2.05, 4.69) is 48.5 Å². The third kappa shape index (κ3) is 2.45. The van der Waals surface area contributed by atoms with Crippen LogP contribution >= 0.6 is 0 Å². The second kappa shape index (κ2) is 5.70. The summed E-state index contributed by atoms with van der Waals surface area (Å²) in [7, 11) is 0. The summed E-state index contributed by atoms with van der Waals surface area (Å²) in [5, 5.41) is 1.35. The molecule has 1 aliphatic rings. The van der Waals surface area contributed by atoms with Crippen LogP contribution in [0.5, 0.6) is 0 Å². The van der Waals surface area contributed by atoms with Gasteiger partial charge >= 0.3 is 0 Å². The predicted molar refractivity (Wildman–Crippen MR) is 84.5 cm³/mol. The molecule has 0 atom stereocenters. The molecule has 0 fully saturated rings. The van der Waals surface area contributed by atoms with Gasteiger partial charge < -0.3 is 0 Å². The Morgan fingerprint density at radius 3 is 2.10 bits per heavy atom. The molecule has 0 aliphatic heterocycles. The highest BCUT2D eigenvalue weighted by molar-refractivity contribution is 5.79. The van der Waals surface area contributed by atoms with Crippen molar-refractivity contribution in [2.45, 2.75) is 25.7 Å². The van der Waals surface area contributed by atoms with E-state index in [1.54, 1.807) is 0 Å². The summed E-state index contributed by atoms with van der Waals surface area (Å²) < 4.78 is 0. The van der Waals surface area contributed by atoms with Crippen LogP contribution in [-0.2, 0) is 4.79 Å². The van der Waals surface area contributed by atoms with Gasteiger partial charge in [-0.2, -0.15) is 0 Å². The molecule has 0 radical (unpaired) electrons. The van der Waals surface area contributed by atoms with Gasteiger partial charge in [0.25, 0.3) is 0 Å². The lowest BCUT2D eigenvalue weighted by atomic mass is 9.93. The van der Waals surface area contributed by atoms with E-state index >= 15 is 0 Å². The van der Waals surface area contributed by atoms with Crippen molar-refractivity contribution in [3.8, 4) is 11.1 Å². The normalized spacial score (nSPS) is 12.9. The van der Waals surface area contributed by atoms with Crippen LogP contribution in [0.15, 0.2) is 48.5 Å². The third-order valence-electron chi connectivity index (χ3n) is 4.24. The molecule has 2 aromatic carbocycles. The molecule has 2 N–H and O–H groups in total. The lowest BCUT2D eigenvalue weighted by Crippen LogP contribution is -2.38. The van der Waals surface area contributed by atoms with Crippen LogP contribution in [0.3, 0.4) is 0 Å². The van der Waals surface area contributed by atoms with Crippen molar-refractivity contribution in [3.63, 3.8) is 0 Å². The molecule has 1 aliphatic carbocycles. The molecule has 0 bridgehead atoms. The van der Waals surface area contributed by atoms with Crippen molar-refractivity contribution >= 4 is 5.91 Å². The molecule has 0 saturated heterocycles. The summed E-state index contributed by atoms with van der Waals surface area (Å²) in [6, 6.07) is 17.0. The standard InChI is InChI=1S/C18H20N2O/c1-2-18(21)20(19)12-11-17-15-9-5-3-7-13(15)14-8-4-6-10-16(14)17/h3-10,17H,2,11-12,19H2,1H3. The van der Waals surface area contributed by atoms with Gasteiger partial charge in [0.15, 0.2) is 0 Å². The molecule has 3 heteroatoms. The van der Waals surface area contributed by atoms with Crippen LogP contribution < -0.4 is 5.84 Å². The summed E-state index contributed by atoms with van der Waals surface area (Å²) in [6.07, 6.45) is 1.31. The van der Waals surface area contributed by atoms with E-state index in [4.69, 9.17) is 5.84 Å². The fourth-order valence-corrected chi connectivity index (χ4v) is 3.17. The molecule has 0 unspecified atom stereocenters. The zero-order valence-corrected chi connectivity index (χ0v) is 12.3. The summed E-state index contributed by atoms with van der Waals surface area (Å²) in [5.74, 6) is 6.15. The molecule has 2 aromatic rings. The minimum atomic E-state index is -0.00503. The maximum absolute atomic E-state index is 11.6. The molecule has 108 valence electrons. The number of amides is 1. The summed E-state index contributed by atoms with van der Waals surface area (Å²) in [5.41, 5.74) is 5.30. The summed E-state index contributed by atoms with van der Waals surface area (Å²) in [4.78, 5) is 11.6. The number of fused-ring (bicyclic) bond motifs is 3. The van der Waals surface area contributed by atoms with Crippen molar-refractivity contribution in [3.05, 3.63) is 59.7 Å². The molecule has 0 spiro atoms. The zero-order valence-electron chi connectivity index (χ0n) is 12.3. The molecule has 0 aromatic heterocycles. The van der Waals surface area contributed by atoms with E-state index in [0.29, 0.717) is 18.9 Å². The Kier molecular flexibility index (Phi) is 3.76. The van der Waals surface area contributed by atoms with Gasteiger partial charge in [0.05, 0.1) is 0 Å². The second-order valence-corrected chi connectivity index (χ2v) is 5.46. The maximum Gasteiger partial charge on any atom is 0.236 e. The minimum Gasteiger partial charge on any atom is -0.281 e. The molecule has 0 heterocycles. The number of carbonyl (C=O) groups is 1. The Balaban J connectivity index is 1.87. The zero-order chi connectivity index (χ0) is 14.8. The Morgan fingerprint density at radius 2 is 1.57 bits per heavy atom. The van der Waals surface area contributed by atoms with Crippen molar-refractivity contribution in [2.75, 3.05) is 6.54 Å². The van der Waals surface area contributed by atoms with Crippen molar-refractivity contribution < 1.29 is 4.79 Å². The molecular weight excluding hydrogens is 260 g/mol. The van der Waals surface area contributed by atoms with Gasteiger partial charge in [-0.1, -0.05) is 55.5 Å². The van der Waals surface area contributed by atoms with Crippen molar-refractivity contribution in [1.29, 1.82) is 0 Å². The van der Waals surface area contributed by atoms with E-state index < -0.39 is 0 Å². The van der Waals surface area contributed by atoms with Crippen LogP contribution in [0.25, 0.3) is 11.1 Å². The first kappa shape index (κ1) is 13.8. The number of hydrogen-bond donors (Lipinski definition) is 1. The average Bonchev–Trinajstić information content (AvgIpc) is 2.86. The first-order valence-electron chi connectivity index (χ1n) is 7.45. The molecule has 21 heavy (non-hydrogen) atoms. The van der Waals surface area contributed by atoms with E-state index in [1.165, 1.54) is 27.3 Å². The molecule has 1 amide bonds. The number of benzene rings is 2. The Labute approximate surface area is 125 Å². The number of nitrogens with zero attached hydrogens (tertiary/aromatic N) is 1. The lowest BCUT2D eigenvalue weighted by molar-refractivity contribution is -0.131. The van der Waals surface area contributed by atoms with Crippen molar-refractivity contribution in [1.82, 2.24) is 5.01 Å². The average molecular weight is 280 g/mol. The Morgan fingerprint density at radius 1 is 1.05 bits per heavy atom. The predicted octanol–water partition coefficient (Wildman–Crippen LogP) is 3.30. The minimum absolute atomic E-state index is 0.00503. The summed E-state index contributed by atoms with van der Waals surface area (Å²) in [6.45, 7) is 2.42. The number of hydrazine groups is 1. The topological polar surface area (TPSA) is 46.3 Å². The van der Waals surface area contributed by atoms with Crippen molar-refractivity contribution in [2.24, 2.45) is 5.84 Å². The number of rotatable bonds is 4. The SMILES string of the molecule is CCC(=O)N(N)CCC1c2ccccc2-c2ccccc21. The largest absolute Gasteiger partial charge is 0.281 e. The molecule has 0 saturated carbocycles. The van der Waals surface area contributed by atoms with E-state index in [1.807, 2.05) is 6.92 Å². The van der Waals surface area contributed by atoms with Gasteiger partial charge in [-0.15, -0.1) is 0 Å². The Hall–Kier alpha value is -2.13. The van der Waals surface area contributed by atoms with E-state index in [-0.39, 0.29) is 5.91 Å². The van der Waals surface area contributed by atoms with Crippen LogP contribution in [0.1, 0.15) is 36.8 Å². The van der Waals surface area contributed by atoms with Gasteiger partial charge in [0.1, 0.15) is 0 Å². The van der Waals surface area contributed by atoms with Gasteiger partial charge in [-0.05, 0) is 28.7 Å². The Bertz CT molecular complexity index is 620. The highest BCUT2D eigenvalue weighted by Crippen LogP contribution is 2.45. The van der Waals surface area contributed by atoms with Gasteiger partial charge in [-0.25, -0.2) is 5.84 Å². The van der Waals surface area contributed by atoms with E-state index in [0.717, 1.165) is 6.42 Å². The summed E-state index contributed by atoms with van der Waals surface area (Å²) >= 11 is 0. The van der Waals surface area contributed by atoms with E-state index in [9.17, 15) is 4.79 Å². The first-order chi connectivity index (χ1) is 10.2. The fraction of sp³-hybridized carbons (Fsp3) is 0.278. The van der Waals surface area contributed by atoms with Crippen LogP contribution in [0, 0.1) is 0 Å². The van der Waals surface area contributed by atoms with Crippen LogP contribution in [0.2, 0.25) is 0 Å². The highest BCUT2D eigenvalue weighted by Gasteiger charge is 2.28. The molecular formula is C18H20N2O. The lowest BCUT2D eigenvalue weighted by Gasteiger charge is -2.19. The quantitative estimate of drug-likeness (QED) is 0.530. The maximum atomic E-state index is 11.6. The van der Waals surface area contributed by atoms with Gasteiger partial charge in [-0.3, -0.25) is 9.80 Å². The van der Waals surface area contributed by atoms with Gasteiger partial charge in [0, 0.05) is 18.9 Å². The number of hydrogen-bond acceptors (Lipinski definition) is 2. The number of nitrogens with two attached hydrogens (primary N) is 1. The van der Waals surface area contributed by atoms with Crippen LogP contribution in [0.4, 0.5) is 0 Å². The van der Waals surface area contributed by atoms with Gasteiger partial charge in [0.2, 0.25) is 5.91 Å². The third-order valence-corrected chi connectivity index (χ3v) is 4.24. The van der Waals surface area contributed by atoms with Crippen LogP contribution in [-0.4, -0.2) is 17.5 Å². The first-order valence-corrected chi connectivity index (χ1v) is 7.45. The fourth-order valence-electron chi connectivity index (χ4n) is 3.17. The monoisotopic (exact) mass is 280 g/mol. The highest BCUT2D eigenvalue weighted by atomic mass is 16.2. The number of carbonyl (C=O) groups excluding carboxylic acids is 1.